The maximum absolute atomic E-state index is 12.2. The summed E-state index contributed by atoms with van der Waals surface area (Å²) in [6, 6.07) is 7.97. The molecule has 0 heterocycles. The van der Waals surface area contributed by atoms with Crippen LogP contribution in [0.2, 0.25) is 0 Å². The molecule has 22 heavy (non-hydrogen) atoms. The standard InChI is InChI=1S/C18H28O3S/c1-3-5-11-22(19,20)14-16(4-2)17-7-6-8-18(12-17)21-13-15-9-10-15/h6-8,12,15-16H,3-5,9-11,13-14H2,1-2H3/t16-/m0/s1. The Morgan fingerprint density at radius 2 is 2.05 bits per heavy atom. The number of ether oxygens (including phenoxy) is 1. The first-order valence-electron chi connectivity index (χ1n) is 8.47. The highest BCUT2D eigenvalue weighted by Gasteiger charge is 2.22. The highest BCUT2D eigenvalue weighted by Crippen LogP contribution is 2.30. The van der Waals surface area contributed by atoms with Gasteiger partial charge in [0.25, 0.3) is 0 Å². The molecule has 1 aliphatic carbocycles. The predicted octanol–water partition coefficient (Wildman–Crippen LogP) is 4.18. The summed E-state index contributed by atoms with van der Waals surface area (Å²) in [5, 5.41) is 0. The quantitative estimate of drug-likeness (QED) is 0.648. The van der Waals surface area contributed by atoms with Crippen LogP contribution in [-0.2, 0) is 9.84 Å². The average molecular weight is 324 g/mol. The minimum Gasteiger partial charge on any atom is -0.493 e. The molecule has 1 saturated carbocycles. The van der Waals surface area contributed by atoms with Crippen LogP contribution in [0.4, 0.5) is 0 Å². The van der Waals surface area contributed by atoms with Gasteiger partial charge in [-0.1, -0.05) is 32.4 Å². The molecule has 1 aromatic rings. The molecule has 1 aliphatic rings. The second kappa shape index (κ2) is 8.00. The second-order valence-corrected chi connectivity index (χ2v) is 8.63. The van der Waals surface area contributed by atoms with E-state index in [2.05, 4.69) is 6.92 Å². The zero-order valence-corrected chi connectivity index (χ0v) is 14.6. The van der Waals surface area contributed by atoms with Gasteiger partial charge in [0.2, 0.25) is 0 Å². The van der Waals surface area contributed by atoms with Crippen LogP contribution in [0.15, 0.2) is 24.3 Å². The van der Waals surface area contributed by atoms with E-state index in [9.17, 15) is 8.42 Å². The number of hydrogen-bond acceptors (Lipinski definition) is 3. The molecule has 1 fully saturated rings. The zero-order chi connectivity index (χ0) is 16.0. The van der Waals surface area contributed by atoms with Crippen LogP contribution in [0.25, 0.3) is 0 Å². The molecule has 0 amide bonds. The zero-order valence-electron chi connectivity index (χ0n) is 13.8. The first-order chi connectivity index (χ1) is 10.5. The molecule has 3 nitrogen and oxygen atoms in total. The van der Waals surface area contributed by atoms with E-state index in [1.807, 2.05) is 31.2 Å². The maximum Gasteiger partial charge on any atom is 0.150 e. The van der Waals surface area contributed by atoms with E-state index in [1.54, 1.807) is 0 Å². The average Bonchev–Trinajstić information content (AvgIpc) is 3.33. The van der Waals surface area contributed by atoms with Gasteiger partial charge in [-0.3, -0.25) is 0 Å². The summed E-state index contributed by atoms with van der Waals surface area (Å²) in [6.07, 6.45) is 5.04. The van der Waals surface area contributed by atoms with Crippen LogP contribution in [0.1, 0.15) is 57.4 Å². The van der Waals surface area contributed by atoms with Crippen molar-refractivity contribution in [3.8, 4) is 5.75 Å². The fourth-order valence-electron chi connectivity index (χ4n) is 2.56. The minimum atomic E-state index is -2.97. The molecule has 0 N–H and O–H groups in total. The van der Waals surface area contributed by atoms with Crippen molar-refractivity contribution in [2.24, 2.45) is 5.92 Å². The fraction of sp³-hybridized carbons (Fsp3) is 0.667. The Labute approximate surface area is 135 Å². The van der Waals surface area contributed by atoms with Crippen molar-refractivity contribution in [1.29, 1.82) is 0 Å². The summed E-state index contributed by atoms with van der Waals surface area (Å²) in [5.74, 6) is 2.20. The van der Waals surface area contributed by atoms with Gasteiger partial charge < -0.3 is 4.74 Å². The van der Waals surface area contributed by atoms with Crippen molar-refractivity contribution in [2.75, 3.05) is 18.1 Å². The third-order valence-electron chi connectivity index (χ3n) is 4.27. The number of unbranched alkanes of at least 4 members (excludes halogenated alkanes) is 1. The van der Waals surface area contributed by atoms with Crippen LogP contribution < -0.4 is 4.74 Å². The van der Waals surface area contributed by atoms with Gasteiger partial charge in [-0.2, -0.15) is 0 Å². The Bertz CT molecular complexity index is 561. The Morgan fingerprint density at radius 3 is 2.68 bits per heavy atom. The van der Waals surface area contributed by atoms with E-state index in [1.165, 1.54) is 12.8 Å². The minimum absolute atomic E-state index is 0.0614. The van der Waals surface area contributed by atoms with Crippen LogP contribution in [-0.4, -0.2) is 26.5 Å². The summed E-state index contributed by atoms with van der Waals surface area (Å²) in [6.45, 7) is 4.86. The summed E-state index contributed by atoms with van der Waals surface area (Å²) < 4.78 is 30.2. The van der Waals surface area contributed by atoms with Crippen molar-refractivity contribution in [3.05, 3.63) is 29.8 Å². The molecule has 2 rings (SSSR count). The van der Waals surface area contributed by atoms with Gasteiger partial charge in [-0.25, -0.2) is 8.42 Å². The van der Waals surface area contributed by atoms with E-state index < -0.39 is 9.84 Å². The molecular weight excluding hydrogens is 296 g/mol. The molecule has 0 aliphatic heterocycles. The first kappa shape index (κ1) is 17.3. The Balaban J connectivity index is 2.01. The molecule has 0 bridgehead atoms. The SMILES string of the molecule is CCCCS(=O)(=O)C[C@H](CC)c1cccc(OCC2CC2)c1. The normalized spacial score (nSPS) is 16.5. The Hall–Kier alpha value is -1.03. The smallest absolute Gasteiger partial charge is 0.150 e. The molecule has 0 unspecified atom stereocenters. The van der Waals surface area contributed by atoms with Gasteiger partial charge in [0, 0.05) is 0 Å². The Morgan fingerprint density at radius 1 is 1.27 bits per heavy atom. The van der Waals surface area contributed by atoms with Gasteiger partial charge in [-0.05, 0) is 55.2 Å². The lowest BCUT2D eigenvalue weighted by molar-refractivity contribution is 0.299. The molecule has 1 atom stereocenters. The lowest BCUT2D eigenvalue weighted by Gasteiger charge is -2.17. The van der Waals surface area contributed by atoms with Crippen molar-refractivity contribution in [2.45, 2.75) is 51.9 Å². The van der Waals surface area contributed by atoms with Gasteiger partial charge in [0.05, 0.1) is 18.1 Å². The predicted molar refractivity (Wildman–Crippen MR) is 91.3 cm³/mol. The fourth-order valence-corrected chi connectivity index (χ4v) is 4.50. The Kier molecular flexibility index (Phi) is 6.30. The lowest BCUT2D eigenvalue weighted by Crippen LogP contribution is -2.17. The number of sulfone groups is 1. The van der Waals surface area contributed by atoms with Crippen molar-refractivity contribution in [3.63, 3.8) is 0 Å². The number of rotatable bonds is 10. The summed E-state index contributed by atoms with van der Waals surface area (Å²) in [4.78, 5) is 0. The van der Waals surface area contributed by atoms with Crippen molar-refractivity contribution < 1.29 is 13.2 Å². The molecular formula is C18H28O3S. The summed E-state index contributed by atoms with van der Waals surface area (Å²) >= 11 is 0. The molecule has 0 saturated heterocycles. The van der Waals surface area contributed by atoms with Crippen LogP contribution >= 0.6 is 0 Å². The monoisotopic (exact) mass is 324 g/mol. The molecule has 0 spiro atoms. The van der Waals surface area contributed by atoms with Gasteiger partial charge >= 0.3 is 0 Å². The molecule has 124 valence electrons. The van der Waals surface area contributed by atoms with Crippen molar-refractivity contribution in [1.82, 2.24) is 0 Å². The van der Waals surface area contributed by atoms with E-state index in [0.29, 0.717) is 5.75 Å². The van der Waals surface area contributed by atoms with Crippen LogP contribution in [0.5, 0.6) is 5.75 Å². The number of benzene rings is 1. The highest BCUT2D eigenvalue weighted by atomic mass is 32.2. The third kappa shape index (κ3) is 5.64. The van der Waals surface area contributed by atoms with Gasteiger partial charge in [0.15, 0.2) is 9.84 Å². The summed E-state index contributed by atoms with van der Waals surface area (Å²) in [7, 11) is -2.97. The highest BCUT2D eigenvalue weighted by molar-refractivity contribution is 7.91. The third-order valence-corrected chi connectivity index (χ3v) is 6.09. The summed E-state index contributed by atoms with van der Waals surface area (Å²) in [5.41, 5.74) is 1.08. The van der Waals surface area contributed by atoms with E-state index in [0.717, 1.165) is 43.1 Å². The van der Waals surface area contributed by atoms with Crippen LogP contribution in [0, 0.1) is 5.92 Å². The molecule has 1 aromatic carbocycles. The largest absolute Gasteiger partial charge is 0.493 e. The van der Waals surface area contributed by atoms with Crippen molar-refractivity contribution >= 4 is 9.84 Å². The van der Waals surface area contributed by atoms with Gasteiger partial charge in [0.1, 0.15) is 5.75 Å². The second-order valence-electron chi connectivity index (χ2n) is 6.40. The maximum atomic E-state index is 12.2. The van der Waals surface area contributed by atoms with Gasteiger partial charge in [-0.15, -0.1) is 0 Å². The lowest BCUT2D eigenvalue weighted by atomic mass is 9.98. The van der Waals surface area contributed by atoms with E-state index >= 15 is 0 Å². The molecule has 4 heteroatoms. The molecule has 0 radical (unpaired) electrons. The van der Waals surface area contributed by atoms with Crippen LogP contribution in [0.3, 0.4) is 0 Å². The molecule has 0 aromatic heterocycles. The topological polar surface area (TPSA) is 43.4 Å². The van der Waals surface area contributed by atoms with E-state index in [4.69, 9.17) is 4.74 Å². The van der Waals surface area contributed by atoms with E-state index in [-0.39, 0.29) is 11.7 Å². The first-order valence-corrected chi connectivity index (χ1v) is 10.3. The number of hydrogen-bond donors (Lipinski definition) is 0.